The van der Waals surface area contributed by atoms with Gasteiger partial charge in [0.05, 0.1) is 0 Å². The predicted octanol–water partition coefficient (Wildman–Crippen LogP) is 1.37. The Bertz CT molecular complexity index is 373. The van der Waals surface area contributed by atoms with Gasteiger partial charge in [-0.05, 0) is 58.4 Å². The molecule has 2 aliphatic rings. The number of imidazole rings is 1. The van der Waals surface area contributed by atoms with Crippen molar-refractivity contribution in [3.05, 3.63) is 17.7 Å². The largest absolute Gasteiger partial charge is 0.346 e. The zero-order chi connectivity index (χ0) is 12.4. The van der Waals surface area contributed by atoms with E-state index in [4.69, 9.17) is 0 Å². The van der Waals surface area contributed by atoms with E-state index in [-0.39, 0.29) is 0 Å². The number of aromatic nitrogens is 2. The molecule has 3 heterocycles. The zero-order valence-electron chi connectivity index (χ0n) is 11.3. The van der Waals surface area contributed by atoms with Crippen LogP contribution in [-0.2, 0) is 6.42 Å². The molecule has 100 valence electrons. The topological polar surface area (TPSA) is 44.0 Å². The van der Waals surface area contributed by atoms with Gasteiger partial charge in [-0.2, -0.15) is 0 Å². The Labute approximate surface area is 109 Å². The Hall–Kier alpha value is -0.870. The van der Waals surface area contributed by atoms with Crippen LogP contribution in [0.15, 0.2) is 6.20 Å². The molecule has 0 amide bonds. The van der Waals surface area contributed by atoms with Crippen LogP contribution in [0.5, 0.6) is 0 Å². The van der Waals surface area contributed by atoms with Crippen LogP contribution in [0.2, 0.25) is 0 Å². The van der Waals surface area contributed by atoms with E-state index in [0.29, 0.717) is 5.92 Å². The first-order valence-corrected chi connectivity index (χ1v) is 7.24. The molecular weight excluding hydrogens is 224 g/mol. The fourth-order valence-electron chi connectivity index (χ4n) is 3.17. The van der Waals surface area contributed by atoms with Crippen LogP contribution < -0.4 is 5.32 Å². The van der Waals surface area contributed by atoms with Gasteiger partial charge in [0.15, 0.2) is 0 Å². The van der Waals surface area contributed by atoms with Crippen molar-refractivity contribution in [2.24, 2.45) is 5.92 Å². The van der Waals surface area contributed by atoms with Crippen molar-refractivity contribution in [2.45, 2.75) is 31.6 Å². The molecule has 2 aliphatic heterocycles. The number of hydrogen-bond donors (Lipinski definition) is 2. The van der Waals surface area contributed by atoms with E-state index in [0.717, 1.165) is 18.9 Å². The molecule has 2 saturated heterocycles. The lowest BCUT2D eigenvalue weighted by Crippen LogP contribution is -2.29. The van der Waals surface area contributed by atoms with Gasteiger partial charge in [0.25, 0.3) is 0 Å². The molecule has 3 rings (SSSR count). The second kappa shape index (κ2) is 5.41. The smallest absolute Gasteiger partial charge is 0.106 e. The van der Waals surface area contributed by atoms with Gasteiger partial charge in [-0.3, -0.25) is 0 Å². The second-order valence-electron chi connectivity index (χ2n) is 5.93. The van der Waals surface area contributed by atoms with Crippen molar-refractivity contribution in [1.82, 2.24) is 20.2 Å². The number of nitrogens with zero attached hydrogens (tertiary/aromatic N) is 2. The number of piperidine rings is 1. The summed E-state index contributed by atoms with van der Waals surface area (Å²) in [5.41, 5.74) is 1.36. The summed E-state index contributed by atoms with van der Waals surface area (Å²) < 4.78 is 0. The summed E-state index contributed by atoms with van der Waals surface area (Å²) in [5.74, 6) is 2.67. The molecule has 18 heavy (non-hydrogen) atoms. The molecule has 4 heteroatoms. The van der Waals surface area contributed by atoms with Crippen molar-refractivity contribution >= 4 is 0 Å². The lowest BCUT2D eigenvalue weighted by Gasteiger charge is -2.28. The number of rotatable bonds is 3. The highest BCUT2D eigenvalue weighted by molar-refractivity contribution is 5.09. The molecule has 0 radical (unpaired) electrons. The third-order valence-corrected chi connectivity index (χ3v) is 4.45. The highest BCUT2D eigenvalue weighted by atomic mass is 15.1. The average molecular weight is 248 g/mol. The summed E-state index contributed by atoms with van der Waals surface area (Å²) in [6.07, 6.45) is 7.02. The van der Waals surface area contributed by atoms with E-state index in [1.807, 2.05) is 0 Å². The quantitative estimate of drug-likeness (QED) is 0.849. The minimum Gasteiger partial charge on any atom is -0.346 e. The van der Waals surface area contributed by atoms with Crippen molar-refractivity contribution in [3.8, 4) is 0 Å². The third-order valence-electron chi connectivity index (χ3n) is 4.45. The lowest BCUT2D eigenvalue weighted by atomic mass is 9.94. The summed E-state index contributed by atoms with van der Waals surface area (Å²) >= 11 is 0. The normalized spacial score (nSPS) is 26.8. The number of nitrogens with one attached hydrogen (secondary N) is 2. The molecule has 1 atom stereocenters. The van der Waals surface area contributed by atoms with E-state index < -0.39 is 0 Å². The van der Waals surface area contributed by atoms with Crippen LogP contribution in [0.1, 0.15) is 36.7 Å². The highest BCUT2D eigenvalue weighted by Crippen LogP contribution is 2.26. The molecule has 1 unspecified atom stereocenters. The fraction of sp³-hybridized carbons (Fsp3) is 0.786. The van der Waals surface area contributed by atoms with Gasteiger partial charge >= 0.3 is 0 Å². The predicted molar refractivity (Wildman–Crippen MR) is 72.7 cm³/mol. The van der Waals surface area contributed by atoms with E-state index in [1.54, 1.807) is 0 Å². The van der Waals surface area contributed by atoms with Crippen LogP contribution in [-0.4, -0.2) is 48.1 Å². The number of aromatic amines is 1. The molecular formula is C14H24N4. The fourth-order valence-corrected chi connectivity index (χ4v) is 3.17. The Morgan fingerprint density at radius 1 is 1.33 bits per heavy atom. The van der Waals surface area contributed by atoms with Crippen molar-refractivity contribution in [2.75, 3.05) is 33.2 Å². The zero-order valence-corrected chi connectivity index (χ0v) is 11.3. The number of H-pyrrole nitrogens is 1. The minimum absolute atomic E-state index is 0.698. The maximum Gasteiger partial charge on any atom is 0.106 e. The molecule has 2 fully saturated rings. The summed E-state index contributed by atoms with van der Waals surface area (Å²) in [6.45, 7) is 4.76. The molecule has 1 aromatic heterocycles. The summed E-state index contributed by atoms with van der Waals surface area (Å²) in [5, 5.41) is 3.42. The van der Waals surface area contributed by atoms with Gasteiger partial charge in [0.2, 0.25) is 0 Å². The van der Waals surface area contributed by atoms with Crippen LogP contribution in [0, 0.1) is 5.92 Å². The molecule has 4 nitrogen and oxygen atoms in total. The second-order valence-corrected chi connectivity index (χ2v) is 5.93. The van der Waals surface area contributed by atoms with Crippen LogP contribution in [0.4, 0.5) is 0 Å². The van der Waals surface area contributed by atoms with E-state index in [2.05, 4.69) is 33.4 Å². The lowest BCUT2D eigenvalue weighted by molar-refractivity contribution is 0.253. The molecule has 2 N–H and O–H groups in total. The van der Waals surface area contributed by atoms with Gasteiger partial charge in [-0.1, -0.05) is 0 Å². The maximum absolute atomic E-state index is 4.58. The first-order valence-electron chi connectivity index (χ1n) is 7.24. The summed E-state index contributed by atoms with van der Waals surface area (Å²) in [7, 11) is 2.21. The molecule has 0 aromatic carbocycles. The average Bonchev–Trinajstić information content (AvgIpc) is 3.02. The minimum atomic E-state index is 0.698. The van der Waals surface area contributed by atoms with Gasteiger partial charge in [-0.15, -0.1) is 0 Å². The van der Waals surface area contributed by atoms with E-state index in [1.165, 1.54) is 50.4 Å². The first-order chi connectivity index (χ1) is 8.81. The SMILES string of the molecule is CN1CCC(c2cnc(CC3CCNC3)[nH]2)CC1. The number of likely N-dealkylation sites (tertiary alicyclic amines) is 1. The van der Waals surface area contributed by atoms with Crippen LogP contribution in [0.25, 0.3) is 0 Å². The maximum atomic E-state index is 4.58. The Kier molecular flexibility index (Phi) is 3.66. The molecule has 0 bridgehead atoms. The Morgan fingerprint density at radius 2 is 2.17 bits per heavy atom. The van der Waals surface area contributed by atoms with E-state index in [9.17, 15) is 0 Å². The molecule has 1 aromatic rings. The van der Waals surface area contributed by atoms with E-state index >= 15 is 0 Å². The third kappa shape index (κ3) is 2.75. The first kappa shape index (κ1) is 12.2. The van der Waals surface area contributed by atoms with Crippen molar-refractivity contribution < 1.29 is 0 Å². The van der Waals surface area contributed by atoms with Crippen LogP contribution in [0.3, 0.4) is 0 Å². The van der Waals surface area contributed by atoms with Crippen molar-refractivity contribution in [3.63, 3.8) is 0 Å². The Morgan fingerprint density at radius 3 is 2.89 bits per heavy atom. The monoisotopic (exact) mass is 248 g/mol. The molecule has 0 aliphatic carbocycles. The van der Waals surface area contributed by atoms with Gasteiger partial charge in [-0.25, -0.2) is 4.98 Å². The molecule has 0 spiro atoms. The van der Waals surface area contributed by atoms with Gasteiger partial charge < -0.3 is 15.2 Å². The highest BCUT2D eigenvalue weighted by Gasteiger charge is 2.21. The number of hydrogen-bond acceptors (Lipinski definition) is 3. The van der Waals surface area contributed by atoms with Crippen molar-refractivity contribution in [1.29, 1.82) is 0 Å². The Balaban J connectivity index is 1.58. The van der Waals surface area contributed by atoms with Gasteiger partial charge in [0, 0.05) is 24.2 Å². The van der Waals surface area contributed by atoms with Crippen LogP contribution >= 0.6 is 0 Å². The van der Waals surface area contributed by atoms with Gasteiger partial charge in [0.1, 0.15) is 5.82 Å². The summed E-state index contributed by atoms with van der Waals surface area (Å²) in [6, 6.07) is 0. The standard InChI is InChI=1S/C14H24N4/c1-18-6-3-12(4-7-18)13-10-16-14(17-13)8-11-2-5-15-9-11/h10-12,15H,2-9H2,1H3,(H,16,17). The summed E-state index contributed by atoms with van der Waals surface area (Å²) in [4.78, 5) is 10.6. The molecule has 0 saturated carbocycles.